The molecule has 0 bridgehead atoms. The van der Waals surface area contributed by atoms with E-state index in [1.807, 2.05) is 19.2 Å². The Balaban J connectivity index is 1.32. The maximum atomic E-state index is 14.4. The van der Waals surface area contributed by atoms with E-state index in [-0.39, 0.29) is 17.7 Å². The molecule has 2 aromatic rings. The molecule has 2 aliphatic heterocycles. The maximum Gasteiger partial charge on any atom is 0.249 e. The monoisotopic (exact) mass is 484 g/mol. The van der Waals surface area contributed by atoms with Crippen molar-refractivity contribution < 1.29 is 4.39 Å². The molecule has 3 aliphatic rings. The fourth-order valence-corrected chi connectivity index (χ4v) is 4.87. The summed E-state index contributed by atoms with van der Waals surface area (Å²) in [6.07, 6.45) is 23.4. The van der Waals surface area contributed by atoms with Crippen molar-refractivity contribution in [3.63, 3.8) is 0 Å². The molecule has 2 aromatic heterocycles. The van der Waals surface area contributed by atoms with Crippen LogP contribution in [0.25, 0.3) is 17.3 Å². The highest BCUT2D eigenvalue weighted by Crippen LogP contribution is 2.27. The van der Waals surface area contributed by atoms with E-state index in [2.05, 4.69) is 61.1 Å². The fraction of sp³-hybridized carbons (Fsp3) is 0.379. The molecule has 2 atom stereocenters. The molecule has 4 heterocycles. The van der Waals surface area contributed by atoms with Gasteiger partial charge in [0.15, 0.2) is 0 Å². The SMILES string of the molecule is CC1=C(C=CCC2CCNC2)/C=C\c2ncc(-c3cnc(N=C4C(F)=CC=CCC4C)nc3)n2CC1. The number of rotatable bonds is 5. The van der Waals surface area contributed by atoms with Crippen LogP contribution in [0.5, 0.6) is 0 Å². The van der Waals surface area contributed by atoms with Crippen molar-refractivity contribution in [3.05, 3.63) is 77.8 Å². The van der Waals surface area contributed by atoms with Gasteiger partial charge in [-0.25, -0.2) is 24.3 Å². The van der Waals surface area contributed by atoms with Gasteiger partial charge in [0.05, 0.1) is 17.6 Å². The summed E-state index contributed by atoms with van der Waals surface area (Å²) in [4.78, 5) is 17.9. The maximum absolute atomic E-state index is 14.4. The van der Waals surface area contributed by atoms with Crippen molar-refractivity contribution in [2.75, 3.05) is 13.1 Å². The average Bonchev–Trinajstić information content (AvgIpc) is 3.51. The number of nitrogens with one attached hydrogen (secondary N) is 1. The van der Waals surface area contributed by atoms with Gasteiger partial charge < -0.3 is 9.88 Å². The minimum atomic E-state index is -0.332. The second kappa shape index (κ2) is 11.1. The lowest BCUT2D eigenvalue weighted by atomic mass is 10.0. The van der Waals surface area contributed by atoms with Crippen molar-refractivity contribution in [2.45, 2.75) is 46.1 Å². The number of hydrogen-bond acceptors (Lipinski definition) is 5. The van der Waals surface area contributed by atoms with E-state index in [4.69, 9.17) is 0 Å². The normalized spacial score (nSPS) is 24.5. The molecule has 0 saturated carbocycles. The molecule has 1 N–H and O–H groups in total. The summed E-state index contributed by atoms with van der Waals surface area (Å²) in [5.41, 5.74) is 4.85. The van der Waals surface area contributed by atoms with E-state index in [0.717, 1.165) is 61.9 Å². The number of imidazole rings is 1. The minimum absolute atomic E-state index is 0.0275. The third-order valence-corrected chi connectivity index (χ3v) is 7.17. The third-order valence-electron chi connectivity index (χ3n) is 7.17. The van der Waals surface area contributed by atoms with Crippen LogP contribution in [0.15, 0.2) is 77.0 Å². The molecule has 0 amide bonds. The Labute approximate surface area is 212 Å². The number of halogens is 1. The van der Waals surface area contributed by atoms with Crippen LogP contribution in [0.3, 0.4) is 0 Å². The molecule has 36 heavy (non-hydrogen) atoms. The Morgan fingerprint density at radius 2 is 2.06 bits per heavy atom. The molecule has 5 rings (SSSR count). The summed E-state index contributed by atoms with van der Waals surface area (Å²) in [7, 11) is 0. The lowest BCUT2D eigenvalue weighted by Gasteiger charge is -2.14. The van der Waals surface area contributed by atoms with Crippen molar-refractivity contribution in [1.82, 2.24) is 24.8 Å². The molecule has 6 nitrogen and oxygen atoms in total. The van der Waals surface area contributed by atoms with Crippen LogP contribution in [0.4, 0.5) is 10.3 Å². The standard InChI is InChI=1S/C29H33FN6/c1-20-13-15-36-26(19-32-27(36)11-10-23(20)8-5-7-22-12-14-31-16-22)24-17-33-29(34-18-24)35-28-21(2)6-3-4-9-25(28)30/h3-5,8-11,17-19,21-22,31H,6-7,12-16H2,1-2H3/b8-5?,11-10-,23-20?,35-28?. The summed E-state index contributed by atoms with van der Waals surface area (Å²) >= 11 is 0. The molecule has 7 heteroatoms. The third kappa shape index (κ3) is 5.51. The molecule has 2 unspecified atom stereocenters. The van der Waals surface area contributed by atoms with Gasteiger partial charge >= 0.3 is 0 Å². The molecule has 0 aromatic carbocycles. The summed E-state index contributed by atoms with van der Waals surface area (Å²) in [6, 6.07) is 0. The second-order valence-electron chi connectivity index (χ2n) is 9.82. The first-order chi connectivity index (χ1) is 17.6. The Morgan fingerprint density at radius 3 is 2.86 bits per heavy atom. The first kappa shape index (κ1) is 24.3. The number of aliphatic imine (C=N–C) groups is 1. The van der Waals surface area contributed by atoms with Gasteiger partial charge in [-0.2, -0.15) is 0 Å². The number of aromatic nitrogens is 4. The molecule has 186 valence electrons. The Hall–Kier alpha value is -3.45. The number of allylic oxidation sites excluding steroid dienone is 9. The minimum Gasteiger partial charge on any atom is -0.324 e. The molecule has 0 spiro atoms. The van der Waals surface area contributed by atoms with Crippen LogP contribution in [0.1, 0.15) is 45.4 Å². The highest BCUT2D eigenvalue weighted by Gasteiger charge is 2.18. The quantitative estimate of drug-likeness (QED) is 0.553. The van der Waals surface area contributed by atoms with Gasteiger partial charge in [0, 0.05) is 30.4 Å². The average molecular weight is 485 g/mol. The van der Waals surface area contributed by atoms with E-state index in [9.17, 15) is 4.39 Å². The Morgan fingerprint density at radius 1 is 1.19 bits per heavy atom. The van der Waals surface area contributed by atoms with Gasteiger partial charge in [0.1, 0.15) is 11.7 Å². The van der Waals surface area contributed by atoms with Crippen LogP contribution in [-0.4, -0.2) is 38.3 Å². The van der Waals surface area contributed by atoms with Gasteiger partial charge in [0.2, 0.25) is 5.95 Å². The van der Waals surface area contributed by atoms with Gasteiger partial charge in [-0.1, -0.05) is 42.9 Å². The van der Waals surface area contributed by atoms with Crippen LogP contribution < -0.4 is 5.32 Å². The highest BCUT2D eigenvalue weighted by atomic mass is 19.1. The molecule has 1 fully saturated rings. The Bertz CT molecular complexity index is 1270. The van der Waals surface area contributed by atoms with Gasteiger partial charge in [-0.05, 0) is 69.3 Å². The molecule has 1 aliphatic carbocycles. The Kier molecular flexibility index (Phi) is 7.47. The zero-order valence-corrected chi connectivity index (χ0v) is 21.0. The second-order valence-corrected chi connectivity index (χ2v) is 9.82. The van der Waals surface area contributed by atoms with Crippen molar-refractivity contribution in [3.8, 4) is 11.3 Å². The molecular weight excluding hydrogens is 451 g/mol. The lowest BCUT2D eigenvalue weighted by Crippen LogP contribution is -2.10. The zero-order valence-electron chi connectivity index (χ0n) is 21.0. The number of hydrogen-bond donors (Lipinski definition) is 1. The van der Waals surface area contributed by atoms with E-state index in [1.54, 1.807) is 18.5 Å². The zero-order chi connectivity index (χ0) is 24.9. The van der Waals surface area contributed by atoms with Gasteiger partial charge in [-0.15, -0.1) is 0 Å². The summed E-state index contributed by atoms with van der Waals surface area (Å²) in [6.45, 7) is 7.26. The van der Waals surface area contributed by atoms with E-state index in [0.29, 0.717) is 5.71 Å². The predicted molar refractivity (Wildman–Crippen MR) is 144 cm³/mol. The first-order valence-corrected chi connectivity index (χ1v) is 12.8. The van der Waals surface area contributed by atoms with Crippen LogP contribution in [-0.2, 0) is 6.54 Å². The van der Waals surface area contributed by atoms with E-state index >= 15 is 0 Å². The van der Waals surface area contributed by atoms with E-state index < -0.39 is 0 Å². The van der Waals surface area contributed by atoms with Crippen LogP contribution in [0, 0.1) is 11.8 Å². The highest BCUT2D eigenvalue weighted by molar-refractivity contribution is 6.01. The molecule has 0 radical (unpaired) electrons. The molecule has 1 saturated heterocycles. The van der Waals surface area contributed by atoms with Crippen LogP contribution >= 0.6 is 0 Å². The first-order valence-electron chi connectivity index (χ1n) is 12.8. The molecular formula is C29H33FN6. The van der Waals surface area contributed by atoms with Gasteiger partial charge in [-0.3, -0.25) is 0 Å². The summed E-state index contributed by atoms with van der Waals surface area (Å²) < 4.78 is 16.6. The smallest absolute Gasteiger partial charge is 0.249 e. The number of nitrogens with zero attached hydrogens (tertiary/aromatic N) is 5. The van der Waals surface area contributed by atoms with Crippen molar-refractivity contribution in [2.24, 2.45) is 16.8 Å². The van der Waals surface area contributed by atoms with E-state index in [1.165, 1.54) is 23.6 Å². The van der Waals surface area contributed by atoms with Crippen molar-refractivity contribution >= 4 is 17.7 Å². The topological polar surface area (TPSA) is 68.0 Å². The summed E-state index contributed by atoms with van der Waals surface area (Å²) in [5.74, 6) is 1.58. The largest absolute Gasteiger partial charge is 0.324 e. The fourth-order valence-electron chi connectivity index (χ4n) is 4.87. The van der Waals surface area contributed by atoms with Crippen molar-refractivity contribution in [1.29, 1.82) is 0 Å². The van der Waals surface area contributed by atoms with Crippen LogP contribution in [0.2, 0.25) is 0 Å². The van der Waals surface area contributed by atoms with Gasteiger partial charge in [0.25, 0.3) is 0 Å². The lowest BCUT2D eigenvalue weighted by molar-refractivity contribution is 0.593. The predicted octanol–water partition coefficient (Wildman–Crippen LogP) is 6.15. The number of fused-ring (bicyclic) bond motifs is 1. The summed E-state index contributed by atoms with van der Waals surface area (Å²) in [5, 5.41) is 3.44.